The molecule has 0 bridgehead atoms. The molecule has 2 amide bonds. The van der Waals surface area contributed by atoms with Crippen LogP contribution in [0.3, 0.4) is 0 Å². The van der Waals surface area contributed by atoms with Gasteiger partial charge in [0.2, 0.25) is 5.91 Å². The highest BCUT2D eigenvalue weighted by atomic mass is 16.5. The Morgan fingerprint density at radius 3 is 2.26 bits per heavy atom. The Balaban J connectivity index is 1.44. The van der Waals surface area contributed by atoms with Crippen molar-refractivity contribution in [3.05, 3.63) is 89.0 Å². The molecule has 35 heavy (non-hydrogen) atoms. The normalized spacial score (nSPS) is 12.6. The van der Waals surface area contributed by atoms with Gasteiger partial charge in [-0.1, -0.05) is 48.5 Å². The minimum atomic E-state index is -1.37. The van der Waals surface area contributed by atoms with E-state index in [2.05, 4.69) is 10.6 Å². The van der Waals surface area contributed by atoms with E-state index in [1.165, 1.54) is 6.07 Å². The molecule has 0 aromatic heterocycles. The molecule has 1 atom stereocenters. The van der Waals surface area contributed by atoms with Gasteiger partial charge in [-0.2, -0.15) is 5.26 Å². The minimum Gasteiger partial charge on any atom is -0.481 e. The van der Waals surface area contributed by atoms with E-state index in [1.807, 2.05) is 54.6 Å². The van der Waals surface area contributed by atoms with Crippen LogP contribution in [0, 0.1) is 18.3 Å². The van der Waals surface area contributed by atoms with Gasteiger partial charge in [-0.15, -0.1) is 0 Å². The molecule has 3 aromatic rings. The van der Waals surface area contributed by atoms with Gasteiger partial charge in [0.05, 0.1) is 18.1 Å². The van der Waals surface area contributed by atoms with Crippen LogP contribution in [0.4, 0.5) is 10.5 Å². The lowest BCUT2D eigenvalue weighted by molar-refractivity contribution is -0.139. The van der Waals surface area contributed by atoms with Crippen LogP contribution in [-0.2, 0) is 14.3 Å². The van der Waals surface area contributed by atoms with Crippen molar-refractivity contribution in [3.63, 3.8) is 0 Å². The first-order chi connectivity index (χ1) is 16.9. The number of carbonyl (C=O) groups excluding carboxylic acids is 2. The van der Waals surface area contributed by atoms with Crippen molar-refractivity contribution in [2.45, 2.75) is 25.3 Å². The summed E-state index contributed by atoms with van der Waals surface area (Å²) in [5.41, 5.74) is 5.66. The quantitative estimate of drug-likeness (QED) is 0.476. The molecule has 176 valence electrons. The van der Waals surface area contributed by atoms with Gasteiger partial charge >= 0.3 is 12.1 Å². The zero-order valence-corrected chi connectivity index (χ0v) is 18.9. The maximum atomic E-state index is 12.8. The van der Waals surface area contributed by atoms with Gasteiger partial charge in [0.1, 0.15) is 12.6 Å². The fourth-order valence-corrected chi connectivity index (χ4v) is 4.32. The number of aryl methyl sites for hydroxylation is 1. The Morgan fingerprint density at radius 2 is 1.66 bits per heavy atom. The van der Waals surface area contributed by atoms with Gasteiger partial charge in [0.15, 0.2) is 0 Å². The maximum absolute atomic E-state index is 12.8. The summed E-state index contributed by atoms with van der Waals surface area (Å²) in [7, 11) is 0. The molecule has 0 saturated heterocycles. The first kappa shape index (κ1) is 23.5. The smallest absolute Gasteiger partial charge is 0.407 e. The molecule has 3 aromatic carbocycles. The Kier molecular flexibility index (Phi) is 6.78. The third-order valence-corrected chi connectivity index (χ3v) is 5.80. The van der Waals surface area contributed by atoms with Crippen LogP contribution in [0.2, 0.25) is 0 Å². The summed E-state index contributed by atoms with van der Waals surface area (Å²) in [6.45, 7) is 1.80. The van der Waals surface area contributed by atoms with Gasteiger partial charge in [-0.3, -0.25) is 9.59 Å². The summed E-state index contributed by atoms with van der Waals surface area (Å²) in [5.74, 6) is -2.15. The van der Waals surface area contributed by atoms with Crippen molar-refractivity contribution in [3.8, 4) is 17.2 Å². The highest BCUT2D eigenvalue weighted by molar-refractivity contribution is 5.98. The van der Waals surface area contributed by atoms with Gasteiger partial charge < -0.3 is 20.5 Å². The predicted molar refractivity (Wildman–Crippen MR) is 129 cm³/mol. The molecule has 0 fully saturated rings. The summed E-state index contributed by atoms with van der Waals surface area (Å²) in [6, 6.07) is 21.2. The Morgan fingerprint density at radius 1 is 1.03 bits per heavy atom. The number of rotatable bonds is 7. The molecular formula is C27H23N3O5. The fourth-order valence-electron chi connectivity index (χ4n) is 4.32. The molecule has 0 aliphatic heterocycles. The lowest BCUT2D eigenvalue weighted by atomic mass is 9.98. The van der Waals surface area contributed by atoms with E-state index >= 15 is 0 Å². The van der Waals surface area contributed by atoms with Crippen LogP contribution in [0.15, 0.2) is 66.7 Å². The van der Waals surface area contributed by atoms with Crippen LogP contribution < -0.4 is 10.6 Å². The Hall–Kier alpha value is -4.64. The minimum absolute atomic E-state index is 0.0324. The lowest BCUT2D eigenvalue weighted by Gasteiger charge is -2.19. The van der Waals surface area contributed by atoms with Crippen molar-refractivity contribution < 1.29 is 24.2 Å². The van der Waals surface area contributed by atoms with Gasteiger partial charge in [-0.05, 0) is 52.9 Å². The van der Waals surface area contributed by atoms with Crippen LogP contribution in [0.5, 0.6) is 0 Å². The van der Waals surface area contributed by atoms with E-state index in [0.717, 1.165) is 27.8 Å². The van der Waals surface area contributed by atoms with Crippen LogP contribution in [-0.4, -0.2) is 35.7 Å². The average molecular weight is 469 g/mol. The predicted octanol–water partition coefficient (Wildman–Crippen LogP) is 4.19. The van der Waals surface area contributed by atoms with Crippen molar-refractivity contribution in [1.82, 2.24) is 5.32 Å². The maximum Gasteiger partial charge on any atom is 0.407 e. The number of ether oxygens (including phenoxy) is 1. The second kappa shape index (κ2) is 10.1. The van der Waals surface area contributed by atoms with Gasteiger partial charge in [-0.25, -0.2) is 4.79 Å². The molecule has 8 nitrogen and oxygen atoms in total. The number of nitrogens with zero attached hydrogens (tertiary/aromatic N) is 1. The number of aliphatic carboxylic acids is 1. The monoisotopic (exact) mass is 469 g/mol. The topological polar surface area (TPSA) is 129 Å². The highest BCUT2D eigenvalue weighted by Gasteiger charge is 2.30. The lowest BCUT2D eigenvalue weighted by Crippen LogP contribution is -2.45. The van der Waals surface area contributed by atoms with E-state index in [9.17, 15) is 19.5 Å². The average Bonchev–Trinajstić information content (AvgIpc) is 3.15. The number of fused-ring (bicyclic) bond motifs is 3. The van der Waals surface area contributed by atoms with E-state index in [4.69, 9.17) is 10.00 Å². The Bertz CT molecular complexity index is 1300. The number of carboxylic acid groups (broad SMARTS) is 1. The summed E-state index contributed by atoms with van der Waals surface area (Å²) >= 11 is 0. The summed E-state index contributed by atoms with van der Waals surface area (Å²) < 4.78 is 5.44. The first-order valence-corrected chi connectivity index (χ1v) is 11.0. The number of benzene rings is 3. The third-order valence-electron chi connectivity index (χ3n) is 5.80. The van der Waals surface area contributed by atoms with Crippen LogP contribution in [0.1, 0.15) is 34.6 Å². The van der Waals surface area contributed by atoms with E-state index in [-0.39, 0.29) is 12.5 Å². The fraction of sp³-hybridized carbons (Fsp3) is 0.185. The number of anilines is 1. The van der Waals surface area contributed by atoms with Crippen molar-refractivity contribution >= 4 is 23.7 Å². The molecule has 8 heteroatoms. The molecular weight excluding hydrogens is 446 g/mol. The number of hydrogen-bond acceptors (Lipinski definition) is 5. The second-order valence-corrected chi connectivity index (χ2v) is 8.31. The first-order valence-electron chi connectivity index (χ1n) is 11.0. The number of hydrogen-bond donors (Lipinski definition) is 3. The molecule has 0 radical (unpaired) electrons. The van der Waals surface area contributed by atoms with E-state index in [0.29, 0.717) is 11.3 Å². The van der Waals surface area contributed by atoms with Crippen LogP contribution in [0.25, 0.3) is 11.1 Å². The highest BCUT2D eigenvalue weighted by Crippen LogP contribution is 2.44. The summed E-state index contributed by atoms with van der Waals surface area (Å²) in [5, 5.41) is 23.3. The van der Waals surface area contributed by atoms with Crippen molar-refractivity contribution in [2.75, 3.05) is 11.9 Å². The zero-order chi connectivity index (χ0) is 24.9. The summed E-state index contributed by atoms with van der Waals surface area (Å²) in [4.78, 5) is 36.7. The SMILES string of the molecule is Cc1cc(C#N)cc(NC(=O)C(CC(=O)O)NC(=O)OCC2c3ccccc3-c3ccccc32)c1. The number of amides is 2. The molecule has 1 unspecified atom stereocenters. The molecule has 0 heterocycles. The van der Waals surface area contributed by atoms with E-state index < -0.39 is 30.4 Å². The number of carbonyl (C=O) groups is 3. The van der Waals surface area contributed by atoms with Gasteiger partial charge in [0, 0.05) is 11.6 Å². The number of carboxylic acids is 1. The molecule has 0 saturated carbocycles. The standard InChI is InChI=1S/C27H23N3O5/c1-16-10-17(14-28)12-18(11-16)29-26(33)24(13-25(31)32)30-27(34)35-15-23-21-8-4-2-6-19(21)20-7-3-5-9-22(20)23/h2-12,23-24H,13,15H2,1H3,(H,29,33)(H,30,34)(H,31,32). The molecule has 0 spiro atoms. The molecule has 3 N–H and O–H groups in total. The van der Waals surface area contributed by atoms with Gasteiger partial charge in [0.25, 0.3) is 0 Å². The van der Waals surface area contributed by atoms with Crippen molar-refractivity contribution in [1.29, 1.82) is 5.26 Å². The van der Waals surface area contributed by atoms with E-state index in [1.54, 1.807) is 19.1 Å². The number of nitrogens with one attached hydrogen (secondary N) is 2. The molecule has 1 aliphatic rings. The van der Waals surface area contributed by atoms with Crippen LogP contribution >= 0.6 is 0 Å². The Labute approximate surface area is 202 Å². The zero-order valence-electron chi connectivity index (χ0n) is 18.9. The number of nitriles is 1. The number of alkyl carbamates (subject to hydrolysis) is 1. The van der Waals surface area contributed by atoms with Crippen molar-refractivity contribution in [2.24, 2.45) is 0 Å². The second-order valence-electron chi connectivity index (χ2n) is 8.31. The summed E-state index contributed by atoms with van der Waals surface area (Å²) in [6.07, 6.45) is -1.53. The third kappa shape index (κ3) is 5.31. The molecule has 4 rings (SSSR count). The molecule has 1 aliphatic carbocycles. The largest absolute Gasteiger partial charge is 0.481 e.